The fourth-order valence-electron chi connectivity index (χ4n) is 5.21. The van der Waals surface area contributed by atoms with Gasteiger partial charge in [-0.1, -0.05) is 12.1 Å². The molecule has 3 fully saturated rings. The number of esters is 1. The SMILES string of the molecule is COC(=O)c1cccc(CN2CC3(C2)CN(C(=O)CCO)C[C@@H]2C[C@@H](O)CN23)c1. The van der Waals surface area contributed by atoms with Gasteiger partial charge in [0, 0.05) is 51.7 Å². The summed E-state index contributed by atoms with van der Waals surface area (Å²) in [7, 11) is 1.38. The van der Waals surface area contributed by atoms with Crippen LogP contribution in [-0.2, 0) is 16.1 Å². The van der Waals surface area contributed by atoms with Gasteiger partial charge in [-0.3, -0.25) is 14.6 Å². The second-order valence-electron chi connectivity index (χ2n) is 8.51. The van der Waals surface area contributed by atoms with Crippen LogP contribution in [-0.4, -0.2) is 101 Å². The minimum Gasteiger partial charge on any atom is -0.465 e. The number of β-amino-alcohol motifs (C(OH)–C–C–N with tert-alkyl or cyclic N) is 1. The monoisotopic (exact) mass is 403 g/mol. The molecular weight excluding hydrogens is 374 g/mol. The number of hydrogen-bond donors (Lipinski definition) is 2. The largest absolute Gasteiger partial charge is 0.465 e. The van der Waals surface area contributed by atoms with Crippen molar-refractivity contribution in [1.29, 1.82) is 0 Å². The molecule has 0 aromatic heterocycles. The molecule has 4 rings (SSSR count). The lowest BCUT2D eigenvalue weighted by Gasteiger charge is -2.61. The highest BCUT2D eigenvalue weighted by Crippen LogP contribution is 2.39. The highest BCUT2D eigenvalue weighted by molar-refractivity contribution is 5.89. The van der Waals surface area contributed by atoms with E-state index >= 15 is 0 Å². The van der Waals surface area contributed by atoms with Gasteiger partial charge in [-0.15, -0.1) is 0 Å². The molecule has 3 heterocycles. The number of ether oxygens (including phenoxy) is 1. The molecule has 1 spiro atoms. The number of carbonyl (C=O) groups is 2. The first-order chi connectivity index (χ1) is 13.9. The molecule has 3 saturated heterocycles. The Morgan fingerprint density at radius 3 is 2.76 bits per heavy atom. The van der Waals surface area contributed by atoms with Crippen LogP contribution in [0.15, 0.2) is 24.3 Å². The summed E-state index contributed by atoms with van der Waals surface area (Å²) in [4.78, 5) is 30.8. The van der Waals surface area contributed by atoms with Crippen LogP contribution in [0.2, 0.25) is 0 Å². The first-order valence-electron chi connectivity index (χ1n) is 10.2. The zero-order valence-electron chi connectivity index (χ0n) is 16.8. The number of likely N-dealkylation sites (tertiary alicyclic amines) is 1. The van der Waals surface area contributed by atoms with E-state index in [1.807, 2.05) is 23.1 Å². The van der Waals surface area contributed by atoms with Crippen LogP contribution < -0.4 is 0 Å². The number of methoxy groups -OCH3 is 1. The molecule has 3 aliphatic heterocycles. The highest BCUT2D eigenvalue weighted by Gasteiger charge is 2.56. The Balaban J connectivity index is 1.45. The maximum Gasteiger partial charge on any atom is 0.337 e. The molecule has 0 unspecified atom stereocenters. The number of fused-ring (bicyclic) bond motifs is 2. The number of benzene rings is 1. The maximum atomic E-state index is 12.4. The third-order valence-corrected chi connectivity index (χ3v) is 6.39. The average molecular weight is 403 g/mol. The van der Waals surface area contributed by atoms with Gasteiger partial charge in [-0.05, 0) is 24.1 Å². The molecule has 2 atom stereocenters. The molecule has 1 amide bonds. The normalized spacial score (nSPS) is 26.2. The first-order valence-corrected chi connectivity index (χ1v) is 10.2. The van der Waals surface area contributed by atoms with Crippen molar-refractivity contribution in [1.82, 2.24) is 14.7 Å². The Morgan fingerprint density at radius 1 is 1.24 bits per heavy atom. The van der Waals surface area contributed by atoms with E-state index in [-0.39, 0.29) is 42.6 Å². The average Bonchev–Trinajstić information content (AvgIpc) is 3.07. The molecular formula is C21H29N3O5. The van der Waals surface area contributed by atoms with E-state index in [0.717, 1.165) is 25.2 Å². The lowest BCUT2D eigenvalue weighted by Crippen LogP contribution is -2.78. The number of piperazine rings is 1. The van der Waals surface area contributed by atoms with Crippen molar-refractivity contribution in [3.05, 3.63) is 35.4 Å². The van der Waals surface area contributed by atoms with Gasteiger partial charge in [0.05, 0.1) is 30.9 Å². The second kappa shape index (κ2) is 8.02. The van der Waals surface area contributed by atoms with Crippen LogP contribution in [0.1, 0.15) is 28.8 Å². The summed E-state index contributed by atoms with van der Waals surface area (Å²) < 4.78 is 4.80. The second-order valence-corrected chi connectivity index (χ2v) is 8.51. The van der Waals surface area contributed by atoms with E-state index < -0.39 is 0 Å². The van der Waals surface area contributed by atoms with Crippen LogP contribution >= 0.6 is 0 Å². The van der Waals surface area contributed by atoms with Crippen LogP contribution in [0.5, 0.6) is 0 Å². The predicted octanol–water partition coefficient (Wildman–Crippen LogP) is -0.313. The third-order valence-electron chi connectivity index (χ3n) is 6.39. The summed E-state index contributed by atoms with van der Waals surface area (Å²) in [6.45, 7) is 4.11. The topological polar surface area (TPSA) is 93.5 Å². The lowest BCUT2D eigenvalue weighted by molar-refractivity contribution is -0.151. The summed E-state index contributed by atoms with van der Waals surface area (Å²) in [5.41, 5.74) is 1.44. The number of nitrogens with zero attached hydrogens (tertiary/aromatic N) is 3. The zero-order valence-corrected chi connectivity index (χ0v) is 16.8. The smallest absolute Gasteiger partial charge is 0.337 e. The fourth-order valence-corrected chi connectivity index (χ4v) is 5.21. The summed E-state index contributed by atoms with van der Waals surface area (Å²) in [6, 6.07) is 7.63. The first kappa shape index (κ1) is 20.3. The number of aliphatic hydroxyl groups is 2. The minimum atomic E-state index is -0.351. The van der Waals surface area contributed by atoms with Crippen molar-refractivity contribution in [2.75, 3.05) is 46.4 Å². The van der Waals surface area contributed by atoms with E-state index in [1.54, 1.807) is 6.07 Å². The van der Waals surface area contributed by atoms with Gasteiger partial charge in [0.25, 0.3) is 0 Å². The predicted molar refractivity (Wildman–Crippen MR) is 105 cm³/mol. The molecule has 0 radical (unpaired) electrons. The quantitative estimate of drug-likeness (QED) is 0.652. The van der Waals surface area contributed by atoms with E-state index in [1.165, 1.54) is 7.11 Å². The van der Waals surface area contributed by atoms with E-state index in [2.05, 4.69) is 9.80 Å². The van der Waals surface area contributed by atoms with E-state index in [9.17, 15) is 14.7 Å². The molecule has 2 N–H and O–H groups in total. The van der Waals surface area contributed by atoms with Gasteiger partial charge in [-0.2, -0.15) is 0 Å². The summed E-state index contributed by atoms with van der Waals surface area (Å²) in [5.74, 6) is -0.358. The standard InChI is InChI=1S/C21H29N3O5/c1-29-20(28)16-4-2-3-15(7-16)9-22-12-21(13-22)14-23(19(27)5-6-25)10-17-8-18(26)11-24(17)21/h2-4,7,17-18,25-26H,5-6,8-14H2,1H3/t17-,18+/m0/s1. The Morgan fingerprint density at radius 2 is 2.03 bits per heavy atom. The van der Waals surface area contributed by atoms with E-state index in [0.29, 0.717) is 31.6 Å². The van der Waals surface area contributed by atoms with Crippen LogP contribution in [0.25, 0.3) is 0 Å². The summed E-state index contributed by atoms with van der Waals surface area (Å²) in [5, 5.41) is 19.3. The van der Waals surface area contributed by atoms with Crippen molar-refractivity contribution in [3.63, 3.8) is 0 Å². The Kier molecular flexibility index (Phi) is 5.61. The van der Waals surface area contributed by atoms with Crippen LogP contribution in [0.3, 0.4) is 0 Å². The Hall–Kier alpha value is -2.00. The van der Waals surface area contributed by atoms with Gasteiger partial charge >= 0.3 is 5.97 Å². The molecule has 1 aromatic rings. The minimum absolute atomic E-state index is 0.0165. The molecule has 158 valence electrons. The molecule has 1 aromatic carbocycles. The molecule has 29 heavy (non-hydrogen) atoms. The zero-order chi connectivity index (χ0) is 20.6. The van der Waals surface area contributed by atoms with Gasteiger partial charge in [-0.25, -0.2) is 4.79 Å². The number of carbonyl (C=O) groups excluding carboxylic acids is 2. The maximum absolute atomic E-state index is 12.4. The Bertz CT molecular complexity index is 779. The van der Waals surface area contributed by atoms with Gasteiger partial charge in [0.15, 0.2) is 0 Å². The number of amides is 1. The summed E-state index contributed by atoms with van der Waals surface area (Å²) >= 11 is 0. The summed E-state index contributed by atoms with van der Waals surface area (Å²) in [6.07, 6.45) is 0.483. The van der Waals surface area contributed by atoms with Crippen LogP contribution in [0, 0.1) is 0 Å². The van der Waals surface area contributed by atoms with Crippen molar-refractivity contribution in [3.8, 4) is 0 Å². The van der Waals surface area contributed by atoms with Crippen molar-refractivity contribution < 1.29 is 24.5 Å². The number of rotatable bonds is 5. The van der Waals surface area contributed by atoms with Crippen molar-refractivity contribution in [2.24, 2.45) is 0 Å². The van der Waals surface area contributed by atoms with Gasteiger partial charge < -0.3 is 19.8 Å². The molecule has 8 nitrogen and oxygen atoms in total. The third kappa shape index (κ3) is 3.90. The van der Waals surface area contributed by atoms with Crippen LogP contribution in [0.4, 0.5) is 0 Å². The molecule has 0 bridgehead atoms. The number of hydrogen-bond acceptors (Lipinski definition) is 7. The molecule has 0 saturated carbocycles. The lowest BCUT2D eigenvalue weighted by atomic mass is 9.83. The van der Waals surface area contributed by atoms with Crippen molar-refractivity contribution >= 4 is 11.9 Å². The van der Waals surface area contributed by atoms with Gasteiger partial charge in [0.2, 0.25) is 5.91 Å². The molecule has 0 aliphatic carbocycles. The number of aliphatic hydroxyl groups excluding tert-OH is 2. The van der Waals surface area contributed by atoms with E-state index in [4.69, 9.17) is 9.84 Å². The Labute approximate surface area is 170 Å². The fraction of sp³-hybridized carbons (Fsp3) is 0.619. The molecule has 8 heteroatoms. The van der Waals surface area contributed by atoms with Gasteiger partial charge in [0.1, 0.15) is 0 Å². The molecule has 3 aliphatic rings. The highest BCUT2D eigenvalue weighted by atomic mass is 16.5. The van der Waals surface area contributed by atoms with Crippen molar-refractivity contribution in [2.45, 2.75) is 37.1 Å².